The summed E-state index contributed by atoms with van der Waals surface area (Å²) in [6.45, 7) is 5.29. The molecule has 1 saturated carbocycles. The molecule has 0 aliphatic heterocycles. The van der Waals surface area contributed by atoms with Crippen LogP contribution in [0.4, 0.5) is 0 Å². The topological polar surface area (TPSA) is 71.7 Å². The standard InChI is InChI=1S/C17H28N2O3/c1-4-13(2)22-17(20)16(12-18)14-7-5-8-15(11-14)19-9-6-10-21-3/h13-14,16H,4-11H2,1-3H3. The molecule has 124 valence electrons. The van der Waals surface area contributed by atoms with Crippen molar-refractivity contribution < 1.29 is 14.3 Å². The Morgan fingerprint density at radius 2 is 2.32 bits per heavy atom. The summed E-state index contributed by atoms with van der Waals surface area (Å²) in [5.74, 6) is -1.00. The Hall–Kier alpha value is -1.41. The highest BCUT2D eigenvalue weighted by Gasteiger charge is 2.33. The van der Waals surface area contributed by atoms with Gasteiger partial charge in [0, 0.05) is 26.0 Å². The summed E-state index contributed by atoms with van der Waals surface area (Å²) in [6.07, 6.45) is 5.13. The van der Waals surface area contributed by atoms with E-state index in [9.17, 15) is 10.1 Å². The van der Waals surface area contributed by atoms with Crippen LogP contribution >= 0.6 is 0 Å². The number of esters is 1. The van der Waals surface area contributed by atoms with Crippen LogP contribution in [0.2, 0.25) is 0 Å². The molecule has 0 amide bonds. The van der Waals surface area contributed by atoms with Gasteiger partial charge < -0.3 is 9.47 Å². The molecule has 22 heavy (non-hydrogen) atoms. The van der Waals surface area contributed by atoms with Gasteiger partial charge >= 0.3 is 5.97 Å². The highest BCUT2D eigenvalue weighted by atomic mass is 16.5. The monoisotopic (exact) mass is 308 g/mol. The Balaban J connectivity index is 2.57. The first-order valence-electron chi connectivity index (χ1n) is 8.23. The predicted octanol–water partition coefficient (Wildman–Crippen LogP) is 3.14. The molecule has 1 rings (SSSR count). The lowest BCUT2D eigenvalue weighted by Gasteiger charge is -2.26. The van der Waals surface area contributed by atoms with Crippen LogP contribution in [0.25, 0.3) is 0 Å². The number of nitriles is 1. The van der Waals surface area contributed by atoms with Crippen molar-refractivity contribution in [2.24, 2.45) is 16.8 Å². The van der Waals surface area contributed by atoms with Gasteiger partial charge in [0.15, 0.2) is 0 Å². The van der Waals surface area contributed by atoms with Crippen LogP contribution in [0.5, 0.6) is 0 Å². The zero-order valence-corrected chi connectivity index (χ0v) is 14.0. The van der Waals surface area contributed by atoms with Gasteiger partial charge in [-0.1, -0.05) is 6.92 Å². The van der Waals surface area contributed by atoms with Crippen LogP contribution in [-0.2, 0) is 14.3 Å². The van der Waals surface area contributed by atoms with Crippen molar-refractivity contribution in [1.29, 1.82) is 5.26 Å². The third kappa shape index (κ3) is 6.15. The number of aliphatic imine (C=N–C) groups is 1. The van der Waals surface area contributed by atoms with E-state index in [1.54, 1.807) is 7.11 Å². The number of methoxy groups -OCH3 is 1. The maximum atomic E-state index is 12.1. The average molecular weight is 308 g/mol. The molecule has 5 nitrogen and oxygen atoms in total. The van der Waals surface area contributed by atoms with Crippen molar-refractivity contribution in [2.45, 2.75) is 58.5 Å². The lowest BCUT2D eigenvalue weighted by atomic mass is 9.79. The van der Waals surface area contributed by atoms with Crippen molar-refractivity contribution in [2.75, 3.05) is 20.3 Å². The molecule has 0 N–H and O–H groups in total. The summed E-state index contributed by atoms with van der Waals surface area (Å²) in [6, 6.07) is 2.15. The molecular formula is C17H28N2O3. The first kappa shape index (κ1) is 18.6. The molecular weight excluding hydrogens is 280 g/mol. The Kier molecular flexibility index (Phi) is 8.76. The third-order valence-corrected chi connectivity index (χ3v) is 4.14. The molecule has 0 aromatic rings. The van der Waals surface area contributed by atoms with E-state index in [0.717, 1.165) is 50.8 Å². The van der Waals surface area contributed by atoms with Crippen molar-refractivity contribution in [3.63, 3.8) is 0 Å². The highest BCUT2D eigenvalue weighted by Crippen LogP contribution is 2.30. The Morgan fingerprint density at radius 1 is 1.55 bits per heavy atom. The fourth-order valence-electron chi connectivity index (χ4n) is 2.65. The van der Waals surface area contributed by atoms with Crippen LogP contribution in [-0.4, -0.2) is 38.0 Å². The minimum absolute atomic E-state index is 0.0384. The quantitative estimate of drug-likeness (QED) is 0.510. The molecule has 1 aliphatic rings. The summed E-state index contributed by atoms with van der Waals surface area (Å²) >= 11 is 0. The Labute approximate surface area is 133 Å². The largest absolute Gasteiger partial charge is 0.462 e. The summed E-state index contributed by atoms with van der Waals surface area (Å²) in [5.41, 5.74) is 1.13. The lowest BCUT2D eigenvalue weighted by Crippen LogP contribution is -2.31. The molecule has 0 bridgehead atoms. The Morgan fingerprint density at radius 3 is 2.95 bits per heavy atom. The molecule has 0 spiro atoms. The van der Waals surface area contributed by atoms with Crippen LogP contribution in [0.3, 0.4) is 0 Å². The zero-order chi connectivity index (χ0) is 16.4. The highest BCUT2D eigenvalue weighted by molar-refractivity contribution is 5.86. The number of nitrogens with zero attached hydrogens (tertiary/aromatic N) is 2. The minimum atomic E-state index is -0.668. The first-order chi connectivity index (χ1) is 10.6. The number of carbonyl (C=O) groups excluding carboxylic acids is 1. The van der Waals surface area contributed by atoms with Crippen molar-refractivity contribution in [3.05, 3.63) is 0 Å². The molecule has 5 heteroatoms. The van der Waals surface area contributed by atoms with Crippen molar-refractivity contribution in [3.8, 4) is 6.07 Å². The van der Waals surface area contributed by atoms with E-state index in [0.29, 0.717) is 6.61 Å². The molecule has 3 unspecified atom stereocenters. The second-order valence-corrected chi connectivity index (χ2v) is 5.91. The second-order valence-electron chi connectivity index (χ2n) is 5.91. The molecule has 0 saturated heterocycles. The van der Waals surface area contributed by atoms with Crippen molar-refractivity contribution in [1.82, 2.24) is 0 Å². The molecule has 0 aromatic carbocycles. The number of ether oxygens (including phenoxy) is 2. The van der Waals surface area contributed by atoms with E-state index in [2.05, 4.69) is 11.1 Å². The van der Waals surface area contributed by atoms with Gasteiger partial charge in [0.1, 0.15) is 5.92 Å². The van der Waals surface area contributed by atoms with Gasteiger partial charge in [0.2, 0.25) is 0 Å². The van der Waals surface area contributed by atoms with Gasteiger partial charge in [-0.05, 0) is 51.4 Å². The van der Waals surface area contributed by atoms with Crippen LogP contribution in [0, 0.1) is 23.2 Å². The summed E-state index contributed by atoms with van der Waals surface area (Å²) in [7, 11) is 1.68. The van der Waals surface area contributed by atoms with Crippen LogP contribution < -0.4 is 0 Å². The van der Waals surface area contributed by atoms with E-state index in [1.165, 1.54) is 0 Å². The normalized spacial score (nSPS) is 22.8. The van der Waals surface area contributed by atoms with Crippen molar-refractivity contribution >= 4 is 11.7 Å². The van der Waals surface area contributed by atoms with Gasteiger partial charge in [-0.3, -0.25) is 9.79 Å². The van der Waals surface area contributed by atoms with E-state index in [1.807, 2.05) is 13.8 Å². The smallest absolute Gasteiger partial charge is 0.323 e. The summed E-state index contributed by atoms with van der Waals surface area (Å²) in [4.78, 5) is 16.7. The number of hydrogen-bond donors (Lipinski definition) is 0. The Bertz CT molecular complexity index is 415. The van der Waals surface area contributed by atoms with Gasteiger partial charge in [-0.25, -0.2) is 0 Å². The maximum absolute atomic E-state index is 12.1. The minimum Gasteiger partial charge on any atom is -0.462 e. The van der Waals surface area contributed by atoms with Crippen LogP contribution in [0.1, 0.15) is 52.4 Å². The second kappa shape index (κ2) is 10.3. The molecule has 0 radical (unpaired) electrons. The van der Waals surface area contributed by atoms with E-state index in [4.69, 9.17) is 9.47 Å². The summed E-state index contributed by atoms with van der Waals surface area (Å²) < 4.78 is 10.3. The lowest BCUT2D eigenvalue weighted by molar-refractivity contribution is -0.153. The molecule has 1 aliphatic carbocycles. The molecule has 1 fully saturated rings. The van der Waals surface area contributed by atoms with E-state index >= 15 is 0 Å². The van der Waals surface area contributed by atoms with Gasteiger partial charge in [0.25, 0.3) is 0 Å². The van der Waals surface area contributed by atoms with Gasteiger partial charge in [-0.2, -0.15) is 5.26 Å². The number of rotatable bonds is 8. The van der Waals surface area contributed by atoms with Crippen LogP contribution in [0.15, 0.2) is 4.99 Å². The van der Waals surface area contributed by atoms with E-state index < -0.39 is 5.92 Å². The van der Waals surface area contributed by atoms with E-state index in [-0.39, 0.29) is 18.0 Å². The summed E-state index contributed by atoms with van der Waals surface area (Å²) in [5, 5.41) is 9.36. The third-order valence-electron chi connectivity index (χ3n) is 4.14. The maximum Gasteiger partial charge on any atom is 0.323 e. The molecule has 3 atom stereocenters. The van der Waals surface area contributed by atoms with Gasteiger partial charge in [0.05, 0.1) is 12.2 Å². The fourth-order valence-corrected chi connectivity index (χ4v) is 2.65. The fraction of sp³-hybridized carbons (Fsp3) is 0.824. The number of carbonyl (C=O) groups is 1. The SMILES string of the molecule is CCC(C)OC(=O)C(C#N)C1CCCC(=NCCCOC)C1. The predicted molar refractivity (Wildman–Crippen MR) is 85.7 cm³/mol. The first-order valence-corrected chi connectivity index (χ1v) is 8.23. The number of hydrogen-bond acceptors (Lipinski definition) is 5. The zero-order valence-electron chi connectivity index (χ0n) is 14.0. The average Bonchev–Trinajstić information content (AvgIpc) is 2.52. The molecule has 0 heterocycles. The molecule has 0 aromatic heterocycles. The van der Waals surface area contributed by atoms with Gasteiger partial charge in [-0.15, -0.1) is 0 Å².